The molecule has 2 heterocycles. The van der Waals surface area contributed by atoms with Gasteiger partial charge in [0.05, 0.1) is 12.2 Å². The Bertz CT molecular complexity index is 507. The Labute approximate surface area is 162 Å². The summed E-state index contributed by atoms with van der Waals surface area (Å²) >= 11 is 0. The fourth-order valence-electron chi connectivity index (χ4n) is 2.80. The van der Waals surface area contributed by atoms with E-state index < -0.39 is 0 Å². The Balaban J connectivity index is 0.00000288. The van der Waals surface area contributed by atoms with Gasteiger partial charge in [0.25, 0.3) is 0 Å². The second-order valence-corrected chi connectivity index (χ2v) is 6.85. The monoisotopic (exact) mass is 449 g/mol. The zero-order valence-corrected chi connectivity index (χ0v) is 17.8. The average molecular weight is 449 g/mol. The van der Waals surface area contributed by atoms with E-state index in [1.807, 2.05) is 6.07 Å². The summed E-state index contributed by atoms with van der Waals surface area (Å²) in [6.45, 7) is 11.6. The number of nitrogens with zero attached hydrogens (tertiary/aromatic N) is 3. The van der Waals surface area contributed by atoms with Crippen molar-refractivity contribution in [2.45, 2.75) is 65.1 Å². The molecule has 0 bridgehead atoms. The summed E-state index contributed by atoms with van der Waals surface area (Å²) in [6.07, 6.45) is 2.30. The van der Waals surface area contributed by atoms with Crippen molar-refractivity contribution in [2.24, 2.45) is 4.99 Å². The van der Waals surface area contributed by atoms with E-state index >= 15 is 0 Å². The molecular formula is C17H32IN5O. The number of hydrogen-bond donors (Lipinski definition) is 2. The SMILES string of the molecule is CN=C(NCc1cc(C(C)C)no1)NC1CCN(C(C)C)CC1.I. The van der Waals surface area contributed by atoms with Gasteiger partial charge in [-0.3, -0.25) is 4.99 Å². The number of hydrogen-bond acceptors (Lipinski definition) is 4. The summed E-state index contributed by atoms with van der Waals surface area (Å²) in [4.78, 5) is 6.84. The zero-order valence-electron chi connectivity index (χ0n) is 15.5. The van der Waals surface area contributed by atoms with Gasteiger partial charge in [0.15, 0.2) is 11.7 Å². The standard InChI is InChI=1S/C17H31N5O.HI/c1-12(2)16-10-15(23-21-16)11-19-17(18-5)20-14-6-8-22(9-7-14)13(3)4;/h10,12-14H,6-9,11H2,1-5H3,(H2,18,19,20);1H. The fourth-order valence-corrected chi connectivity index (χ4v) is 2.80. The highest BCUT2D eigenvalue weighted by atomic mass is 127. The van der Waals surface area contributed by atoms with E-state index in [4.69, 9.17) is 4.52 Å². The quantitative estimate of drug-likeness (QED) is 0.411. The van der Waals surface area contributed by atoms with Crippen LogP contribution in [-0.2, 0) is 6.54 Å². The van der Waals surface area contributed by atoms with Crippen molar-refractivity contribution in [3.63, 3.8) is 0 Å². The Morgan fingerprint density at radius 1 is 1.33 bits per heavy atom. The fraction of sp³-hybridized carbons (Fsp3) is 0.765. The molecule has 2 N–H and O–H groups in total. The minimum Gasteiger partial charge on any atom is -0.359 e. The van der Waals surface area contributed by atoms with Crippen LogP contribution in [0.15, 0.2) is 15.6 Å². The first kappa shape index (κ1) is 21.2. The van der Waals surface area contributed by atoms with E-state index in [2.05, 4.69) is 53.4 Å². The summed E-state index contributed by atoms with van der Waals surface area (Å²) < 4.78 is 5.35. The van der Waals surface area contributed by atoms with Crippen molar-refractivity contribution in [3.8, 4) is 0 Å². The molecule has 24 heavy (non-hydrogen) atoms. The lowest BCUT2D eigenvalue weighted by Gasteiger charge is -2.35. The van der Waals surface area contributed by atoms with E-state index in [0.29, 0.717) is 24.5 Å². The summed E-state index contributed by atoms with van der Waals surface area (Å²) in [5.41, 5.74) is 0.991. The predicted molar refractivity (Wildman–Crippen MR) is 109 cm³/mol. The average Bonchev–Trinajstić information content (AvgIpc) is 3.01. The second kappa shape index (κ2) is 10.2. The molecule has 1 aliphatic heterocycles. The van der Waals surface area contributed by atoms with Crippen LogP contribution in [0.3, 0.4) is 0 Å². The molecule has 0 saturated carbocycles. The van der Waals surface area contributed by atoms with Crippen LogP contribution in [-0.4, -0.2) is 48.2 Å². The lowest BCUT2D eigenvalue weighted by atomic mass is 10.0. The minimum atomic E-state index is 0. The van der Waals surface area contributed by atoms with Crippen molar-refractivity contribution >= 4 is 29.9 Å². The van der Waals surface area contributed by atoms with Gasteiger partial charge in [-0.05, 0) is 32.6 Å². The highest BCUT2D eigenvalue weighted by Crippen LogP contribution is 2.14. The third-order valence-corrected chi connectivity index (χ3v) is 4.42. The van der Waals surface area contributed by atoms with Crippen LogP contribution in [0.4, 0.5) is 0 Å². The second-order valence-electron chi connectivity index (χ2n) is 6.85. The maximum atomic E-state index is 5.35. The Kier molecular flexibility index (Phi) is 9.04. The van der Waals surface area contributed by atoms with Crippen molar-refractivity contribution in [2.75, 3.05) is 20.1 Å². The van der Waals surface area contributed by atoms with Gasteiger partial charge in [0, 0.05) is 38.3 Å². The van der Waals surface area contributed by atoms with Gasteiger partial charge in [-0.15, -0.1) is 24.0 Å². The highest BCUT2D eigenvalue weighted by molar-refractivity contribution is 14.0. The Morgan fingerprint density at radius 2 is 2.00 bits per heavy atom. The summed E-state index contributed by atoms with van der Waals surface area (Å²) in [5.74, 6) is 2.05. The zero-order chi connectivity index (χ0) is 16.8. The first-order valence-electron chi connectivity index (χ1n) is 8.66. The molecule has 138 valence electrons. The lowest BCUT2D eigenvalue weighted by molar-refractivity contribution is 0.167. The normalized spacial score (nSPS) is 17.2. The molecule has 6 nitrogen and oxygen atoms in total. The molecular weight excluding hydrogens is 417 g/mol. The number of piperidine rings is 1. The van der Waals surface area contributed by atoms with E-state index in [-0.39, 0.29) is 24.0 Å². The number of guanidine groups is 1. The minimum absolute atomic E-state index is 0. The van der Waals surface area contributed by atoms with E-state index in [1.54, 1.807) is 7.05 Å². The molecule has 1 aromatic heterocycles. The molecule has 0 aliphatic carbocycles. The van der Waals surface area contributed by atoms with Gasteiger partial charge >= 0.3 is 0 Å². The molecule has 0 amide bonds. The molecule has 1 aliphatic rings. The largest absolute Gasteiger partial charge is 0.359 e. The first-order valence-corrected chi connectivity index (χ1v) is 8.66. The molecule has 1 aromatic rings. The molecule has 0 spiro atoms. The van der Waals surface area contributed by atoms with Crippen molar-refractivity contribution in [1.29, 1.82) is 0 Å². The number of nitrogens with one attached hydrogen (secondary N) is 2. The molecule has 1 saturated heterocycles. The summed E-state index contributed by atoms with van der Waals surface area (Å²) in [6, 6.07) is 3.12. The van der Waals surface area contributed by atoms with Gasteiger partial charge in [-0.25, -0.2) is 0 Å². The van der Waals surface area contributed by atoms with Gasteiger partial charge in [0.2, 0.25) is 0 Å². The van der Waals surface area contributed by atoms with Crippen LogP contribution in [0, 0.1) is 0 Å². The highest BCUT2D eigenvalue weighted by Gasteiger charge is 2.21. The van der Waals surface area contributed by atoms with Crippen LogP contribution in [0.2, 0.25) is 0 Å². The van der Waals surface area contributed by atoms with Crippen LogP contribution in [0.5, 0.6) is 0 Å². The molecule has 1 fully saturated rings. The van der Waals surface area contributed by atoms with Crippen LogP contribution < -0.4 is 10.6 Å². The van der Waals surface area contributed by atoms with Gasteiger partial charge in [0.1, 0.15) is 0 Å². The van der Waals surface area contributed by atoms with Gasteiger partial charge in [-0.1, -0.05) is 19.0 Å². The number of likely N-dealkylation sites (tertiary alicyclic amines) is 1. The predicted octanol–water partition coefficient (Wildman–Crippen LogP) is 2.95. The van der Waals surface area contributed by atoms with Crippen LogP contribution in [0.1, 0.15) is 57.9 Å². The van der Waals surface area contributed by atoms with Crippen LogP contribution in [0.25, 0.3) is 0 Å². The molecule has 0 atom stereocenters. The Hall–Kier alpha value is -0.830. The van der Waals surface area contributed by atoms with E-state index in [1.165, 1.54) is 0 Å². The molecule has 7 heteroatoms. The van der Waals surface area contributed by atoms with Gasteiger partial charge < -0.3 is 20.1 Å². The van der Waals surface area contributed by atoms with Crippen molar-refractivity contribution < 1.29 is 4.52 Å². The van der Waals surface area contributed by atoms with Gasteiger partial charge in [-0.2, -0.15) is 0 Å². The topological polar surface area (TPSA) is 65.7 Å². The summed E-state index contributed by atoms with van der Waals surface area (Å²) in [5, 5.41) is 10.9. The number of aliphatic imine (C=N–C) groups is 1. The first-order chi connectivity index (χ1) is 11.0. The smallest absolute Gasteiger partial charge is 0.191 e. The van der Waals surface area contributed by atoms with Crippen molar-refractivity contribution in [1.82, 2.24) is 20.7 Å². The Morgan fingerprint density at radius 3 is 2.50 bits per heavy atom. The molecule has 0 unspecified atom stereocenters. The third-order valence-electron chi connectivity index (χ3n) is 4.42. The maximum Gasteiger partial charge on any atom is 0.191 e. The molecule has 0 radical (unpaired) electrons. The third kappa shape index (κ3) is 6.23. The van der Waals surface area contributed by atoms with E-state index in [0.717, 1.165) is 43.3 Å². The van der Waals surface area contributed by atoms with Crippen LogP contribution >= 0.6 is 24.0 Å². The van der Waals surface area contributed by atoms with Crippen molar-refractivity contribution in [3.05, 3.63) is 17.5 Å². The molecule has 0 aromatic carbocycles. The number of rotatable bonds is 5. The number of halogens is 1. The summed E-state index contributed by atoms with van der Waals surface area (Å²) in [7, 11) is 1.80. The lowest BCUT2D eigenvalue weighted by Crippen LogP contribution is -2.49. The number of aromatic nitrogens is 1. The maximum absolute atomic E-state index is 5.35. The van der Waals surface area contributed by atoms with E-state index in [9.17, 15) is 0 Å². The molecule has 2 rings (SSSR count).